The summed E-state index contributed by atoms with van der Waals surface area (Å²) in [4.78, 5) is 29.4. The third-order valence-electron chi connectivity index (χ3n) is 8.86. The Morgan fingerprint density at radius 2 is 1.84 bits per heavy atom. The lowest BCUT2D eigenvalue weighted by atomic mass is 10.0. The van der Waals surface area contributed by atoms with Gasteiger partial charge in [-0.3, -0.25) is 4.79 Å². The number of fused-ring (bicyclic) bond motifs is 2. The van der Waals surface area contributed by atoms with E-state index in [0.29, 0.717) is 54.4 Å². The van der Waals surface area contributed by atoms with Crippen molar-refractivity contribution in [2.45, 2.75) is 64.0 Å². The molecule has 0 unspecified atom stereocenters. The summed E-state index contributed by atoms with van der Waals surface area (Å²) < 4.78 is 23.6. The molecule has 2 aromatic heterocycles. The number of methoxy groups -OCH3 is 1. The molecule has 0 radical (unpaired) electrons. The molecule has 2 aliphatic carbocycles. The highest BCUT2D eigenvalue weighted by atomic mass is 16.5. The van der Waals surface area contributed by atoms with Crippen molar-refractivity contribution in [3.8, 4) is 11.6 Å². The molecule has 1 saturated carbocycles. The molecule has 2 fully saturated rings. The van der Waals surface area contributed by atoms with Gasteiger partial charge in [-0.2, -0.15) is 4.98 Å². The number of anilines is 2. The van der Waals surface area contributed by atoms with E-state index in [-0.39, 0.29) is 18.1 Å². The van der Waals surface area contributed by atoms with E-state index in [2.05, 4.69) is 22.4 Å². The molecular weight excluding hydrogens is 558 g/mol. The van der Waals surface area contributed by atoms with E-state index in [4.69, 9.17) is 28.6 Å². The number of allylic oxidation sites excluding steroid dienone is 1. The second kappa shape index (κ2) is 11.9. The van der Waals surface area contributed by atoms with Crippen LogP contribution in [0.3, 0.4) is 0 Å². The van der Waals surface area contributed by atoms with E-state index in [0.717, 1.165) is 72.0 Å². The summed E-state index contributed by atoms with van der Waals surface area (Å²) in [6.07, 6.45) is 8.94. The summed E-state index contributed by atoms with van der Waals surface area (Å²) in [6.45, 7) is 3.20. The first kappa shape index (κ1) is 28.3. The quantitative estimate of drug-likeness (QED) is 0.253. The number of carbonyl (C=O) groups excluding carboxylic acids is 1. The third-order valence-corrected chi connectivity index (χ3v) is 8.86. The predicted molar refractivity (Wildman–Crippen MR) is 167 cm³/mol. The molecule has 0 atom stereocenters. The van der Waals surface area contributed by atoms with Crippen molar-refractivity contribution < 1.29 is 23.4 Å². The Bertz CT molecular complexity index is 1740. The average Bonchev–Trinajstić information content (AvgIpc) is 3.80. The molecule has 44 heavy (non-hydrogen) atoms. The standard InChI is InChI=1S/C34H37N5O5/c1-20-35-27-11-8-21(18-30(27)43-20)25-10-13-28-31(25)32(44-24-6-4-5-7-24)38-34(37-28)36-26-12-9-22(19-29(26)41-3)33(40)39(2)23-14-16-42-17-15-23/h8-12,18-19,23-24H,4-7,13-17H2,1-3H3,(H,36,37,38). The molecule has 7 rings (SSSR count). The number of carbonyl (C=O) groups is 1. The highest BCUT2D eigenvalue weighted by Crippen LogP contribution is 2.41. The fourth-order valence-corrected chi connectivity index (χ4v) is 6.47. The van der Waals surface area contributed by atoms with Crippen molar-refractivity contribution in [3.05, 3.63) is 70.7 Å². The predicted octanol–water partition coefficient (Wildman–Crippen LogP) is 6.24. The Morgan fingerprint density at radius 1 is 1.02 bits per heavy atom. The van der Waals surface area contributed by atoms with Crippen LogP contribution >= 0.6 is 0 Å². The van der Waals surface area contributed by atoms with Gasteiger partial charge in [-0.15, -0.1) is 0 Å². The minimum atomic E-state index is -0.0416. The zero-order valence-corrected chi connectivity index (χ0v) is 25.4. The maximum absolute atomic E-state index is 13.3. The van der Waals surface area contributed by atoms with Gasteiger partial charge in [-0.25, -0.2) is 9.97 Å². The Labute approximate surface area is 256 Å². The Balaban J connectivity index is 1.18. The average molecular weight is 596 g/mol. The number of amides is 1. The minimum absolute atomic E-state index is 0.0416. The van der Waals surface area contributed by atoms with Crippen LogP contribution in [0.2, 0.25) is 0 Å². The molecule has 1 N–H and O–H groups in total. The van der Waals surface area contributed by atoms with Crippen molar-refractivity contribution in [3.63, 3.8) is 0 Å². The van der Waals surface area contributed by atoms with Gasteiger partial charge >= 0.3 is 0 Å². The number of oxazole rings is 1. The molecule has 4 aromatic rings. The number of ether oxygens (including phenoxy) is 3. The Hall–Kier alpha value is -4.44. The first-order valence-electron chi connectivity index (χ1n) is 15.4. The SMILES string of the molecule is COc1cc(C(=O)N(C)C2CCOCC2)ccc1Nc1nc2c(c(OC3CCCC3)n1)C(c1ccc3nc(C)oc3c1)=CC2. The molecule has 0 bridgehead atoms. The monoisotopic (exact) mass is 595 g/mol. The van der Waals surface area contributed by atoms with Gasteiger partial charge in [0.1, 0.15) is 17.4 Å². The van der Waals surface area contributed by atoms with Crippen LogP contribution in [0.15, 0.2) is 46.9 Å². The number of aromatic nitrogens is 3. The molecule has 10 nitrogen and oxygen atoms in total. The number of benzene rings is 2. The number of hydrogen-bond acceptors (Lipinski definition) is 9. The van der Waals surface area contributed by atoms with Crippen LogP contribution < -0.4 is 14.8 Å². The minimum Gasteiger partial charge on any atom is -0.495 e. The molecule has 1 amide bonds. The van der Waals surface area contributed by atoms with Crippen LogP contribution in [-0.2, 0) is 11.2 Å². The van der Waals surface area contributed by atoms with E-state index in [9.17, 15) is 4.79 Å². The van der Waals surface area contributed by atoms with Gasteiger partial charge < -0.3 is 28.8 Å². The van der Waals surface area contributed by atoms with E-state index >= 15 is 0 Å². The van der Waals surface area contributed by atoms with Crippen LogP contribution in [0.1, 0.15) is 71.6 Å². The summed E-state index contributed by atoms with van der Waals surface area (Å²) in [5.74, 6) is 2.13. The summed E-state index contributed by atoms with van der Waals surface area (Å²) in [5, 5.41) is 3.34. The lowest BCUT2D eigenvalue weighted by Crippen LogP contribution is -2.40. The molecule has 1 aliphatic heterocycles. The van der Waals surface area contributed by atoms with Gasteiger partial charge in [-0.05, 0) is 80.0 Å². The van der Waals surface area contributed by atoms with Gasteiger partial charge in [0.2, 0.25) is 11.8 Å². The number of nitrogens with one attached hydrogen (secondary N) is 1. The smallest absolute Gasteiger partial charge is 0.253 e. The van der Waals surface area contributed by atoms with Crippen LogP contribution in [0.5, 0.6) is 11.6 Å². The van der Waals surface area contributed by atoms with E-state index in [1.807, 2.05) is 43.1 Å². The largest absolute Gasteiger partial charge is 0.495 e. The number of hydrogen-bond donors (Lipinski definition) is 1. The van der Waals surface area contributed by atoms with Gasteiger partial charge in [-0.1, -0.05) is 12.1 Å². The van der Waals surface area contributed by atoms with Gasteiger partial charge in [0.25, 0.3) is 5.91 Å². The Morgan fingerprint density at radius 3 is 2.64 bits per heavy atom. The van der Waals surface area contributed by atoms with Gasteiger partial charge in [0.05, 0.1) is 24.1 Å². The number of rotatable bonds is 8. The van der Waals surface area contributed by atoms with Gasteiger partial charge in [0.15, 0.2) is 11.5 Å². The van der Waals surface area contributed by atoms with Crippen molar-refractivity contribution in [2.24, 2.45) is 0 Å². The zero-order valence-electron chi connectivity index (χ0n) is 25.4. The van der Waals surface area contributed by atoms with Crippen LogP contribution in [-0.4, -0.2) is 65.3 Å². The molecule has 0 spiro atoms. The van der Waals surface area contributed by atoms with E-state index in [1.165, 1.54) is 0 Å². The summed E-state index contributed by atoms with van der Waals surface area (Å²) in [6, 6.07) is 11.7. The zero-order chi connectivity index (χ0) is 30.2. The topological polar surface area (TPSA) is 112 Å². The lowest BCUT2D eigenvalue weighted by Gasteiger charge is -2.31. The van der Waals surface area contributed by atoms with Gasteiger partial charge in [0, 0.05) is 45.2 Å². The summed E-state index contributed by atoms with van der Waals surface area (Å²) in [5.41, 5.74) is 6.67. The van der Waals surface area contributed by atoms with Crippen molar-refractivity contribution in [1.29, 1.82) is 0 Å². The first-order chi connectivity index (χ1) is 21.5. The van der Waals surface area contributed by atoms with Crippen LogP contribution in [0.25, 0.3) is 16.7 Å². The second-order valence-corrected chi connectivity index (χ2v) is 11.7. The first-order valence-corrected chi connectivity index (χ1v) is 15.4. The van der Waals surface area contributed by atoms with Crippen LogP contribution in [0.4, 0.5) is 11.6 Å². The maximum Gasteiger partial charge on any atom is 0.253 e. The fourth-order valence-electron chi connectivity index (χ4n) is 6.47. The lowest BCUT2D eigenvalue weighted by molar-refractivity contribution is 0.0362. The molecule has 228 valence electrons. The molecule has 1 saturated heterocycles. The summed E-state index contributed by atoms with van der Waals surface area (Å²) in [7, 11) is 3.45. The summed E-state index contributed by atoms with van der Waals surface area (Å²) >= 11 is 0. The van der Waals surface area contributed by atoms with E-state index < -0.39 is 0 Å². The van der Waals surface area contributed by atoms with Crippen molar-refractivity contribution >= 4 is 34.2 Å². The molecular formula is C34H37N5O5. The molecule has 3 heterocycles. The third kappa shape index (κ3) is 5.50. The normalized spacial score (nSPS) is 17.0. The maximum atomic E-state index is 13.3. The van der Waals surface area contributed by atoms with Crippen molar-refractivity contribution in [1.82, 2.24) is 19.9 Å². The Kier molecular flexibility index (Phi) is 7.68. The molecule has 2 aromatic carbocycles. The number of nitrogens with zero attached hydrogens (tertiary/aromatic N) is 4. The highest BCUT2D eigenvalue weighted by molar-refractivity contribution is 5.95. The fraction of sp³-hybridized carbons (Fsp3) is 0.412. The number of aryl methyl sites for hydroxylation is 1. The van der Waals surface area contributed by atoms with Crippen molar-refractivity contribution in [2.75, 3.05) is 32.7 Å². The highest BCUT2D eigenvalue weighted by Gasteiger charge is 2.29. The second-order valence-electron chi connectivity index (χ2n) is 11.7. The molecule has 3 aliphatic rings. The van der Waals surface area contributed by atoms with Crippen LogP contribution in [0, 0.1) is 6.92 Å². The van der Waals surface area contributed by atoms with E-state index in [1.54, 1.807) is 13.2 Å². The molecule has 10 heteroatoms.